The van der Waals surface area contributed by atoms with Gasteiger partial charge in [-0.15, -0.1) is 0 Å². The predicted molar refractivity (Wildman–Crippen MR) is 58.3 cm³/mol. The first-order chi connectivity index (χ1) is 6.50. The molecule has 0 heterocycles. The van der Waals surface area contributed by atoms with Crippen molar-refractivity contribution in [3.05, 3.63) is 48.6 Å². The van der Waals surface area contributed by atoms with Crippen molar-refractivity contribution in [2.75, 3.05) is 0 Å². The van der Waals surface area contributed by atoms with Crippen molar-refractivity contribution in [3.63, 3.8) is 0 Å². The highest BCUT2D eigenvalue weighted by Gasteiger charge is 1.80. The molecule has 1 aliphatic rings. The van der Waals surface area contributed by atoms with E-state index in [2.05, 4.69) is 42.5 Å². The molecule has 0 saturated heterocycles. The standard InChI is InChI=1S/C13H17/c1-2-4-6-8-10-12-13-11-9-7-5-3-1/h1-4,9,12-13H,5-8,10H2/b3-1+,4-2+,11-9?,13-12+. The minimum atomic E-state index is 1.09. The first-order valence-corrected chi connectivity index (χ1v) is 5.04. The highest BCUT2D eigenvalue weighted by Crippen LogP contribution is 2.00. The minimum absolute atomic E-state index is 1.09. The van der Waals surface area contributed by atoms with Crippen molar-refractivity contribution in [2.45, 2.75) is 32.1 Å². The van der Waals surface area contributed by atoms with Gasteiger partial charge in [-0.3, -0.25) is 0 Å². The van der Waals surface area contributed by atoms with Gasteiger partial charge >= 0.3 is 0 Å². The number of hydrogen-bond donors (Lipinski definition) is 0. The van der Waals surface area contributed by atoms with Crippen LogP contribution >= 0.6 is 0 Å². The zero-order chi connectivity index (χ0) is 9.19. The molecule has 0 heteroatoms. The summed E-state index contributed by atoms with van der Waals surface area (Å²) in [5, 5.41) is 0. The Kier molecular flexibility index (Phi) is 5.87. The van der Waals surface area contributed by atoms with Crippen LogP contribution in [0.4, 0.5) is 0 Å². The summed E-state index contributed by atoms with van der Waals surface area (Å²) >= 11 is 0. The van der Waals surface area contributed by atoms with E-state index in [1.807, 2.05) is 6.08 Å². The average Bonchev–Trinajstić information content (AvgIpc) is 2.18. The van der Waals surface area contributed by atoms with E-state index < -0.39 is 0 Å². The maximum atomic E-state index is 3.16. The third kappa shape index (κ3) is 6.15. The third-order valence-electron chi connectivity index (χ3n) is 1.93. The van der Waals surface area contributed by atoms with Gasteiger partial charge in [0.05, 0.1) is 0 Å². The molecule has 0 nitrogen and oxygen atoms in total. The fraction of sp³-hybridized carbons (Fsp3) is 0.385. The molecule has 0 bridgehead atoms. The van der Waals surface area contributed by atoms with Gasteiger partial charge in [-0.05, 0) is 38.2 Å². The van der Waals surface area contributed by atoms with Crippen LogP contribution < -0.4 is 0 Å². The van der Waals surface area contributed by atoms with Gasteiger partial charge in [-0.1, -0.05) is 42.5 Å². The highest BCUT2D eigenvalue weighted by atomic mass is 13.9. The zero-order valence-electron chi connectivity index (χ0n) is 8.08. The molecule has 0 saturated carbocycles. The molecule has 0 unspecified atom stereocenters. The van der Waals surface area contributed by atoms with Crippen molar-refractivity contribution in [3.8, 4) is 0 Å². The molecule has 1 rings (SSSR count). The molecule has 0 spiro atoms. The molecule has 0 aliphatic heterocycles. The van der Waals surface area contributed by atoms with Gasteiger partial charge < -0.3 is 0 Å². The lowest BCUT2D eigenvalue weighted by Gasteiger charge is -1.87. The van der Waals surface area contributed by atoms with Crippen LogP contribution in [0, 0.1) is 6.08 Å². The van der Waals surface area contributed by atoms with E-state index in [0.29, 0.717) is 0 Å². The van der Waals surface area contributed by atoms with Crippen molar-refractivity contribution < 1.29 is 0 Å². The van der Waals surface area contributed by atoms with Gasteiger partial charge in [0.1, 0.15) is 0 Å². The molecule has 0 aromatic carbocycles. The molecule has 0 N–H and O–H groups in total. The Bertz CT molecular complexity index is 192. The second-order valence-corrected chi connectivity index (χ2v) is 3.14. The van der Waals surface area contributed by atoms with Gasteiger partial charge in [0.25, 0.3) is 0 Å². The minimum Gasteiger partial charge on any atom is -0.0845 e. The SMILES string of the molecule is [C]1=C/CC/C=C/C=C/CCC/C=C/1. The fourth-order valence-electron chi connectivity index (χ4n) is 1.19. The molecule has 0 fully saturated rings. The van der Waals surface area contributed by atoms with E-state index in [4.69, 9.17) is 0 Å². The maximum Gasteiger partial charge on any atom is -0.0230 e. The molecular weight excluding hydrogens is 156 g/mol. The molecule has 13 heavy (non-hydrogen) atoms. The zero-order valence-corrected chi connectivity index (χ0v) is 8.08. The third-order valence-corrected chi connectivity index (χ3v) is 1.93. The Hall–Kier alpha value is -1.04. The summed E-state index contributed by atoms with van der Waals surface area (Å²) in [4.78, 5) is 0. The highest BCUT2D eigenvalue weighted by molar-refractivity contribution is 5.04. The Morgan fingerprint density at radius 3 is 2.46 bits per heavy atom. The smallest absolute Gasteiger partial charge is 0.0230 e. The van der Waals surface area contributed by atoms with Crippen LogP contribution in [0.1, 0.15) is 32.1 Å². The predicted octanol–water partition coefficient (Wildman–Crippen LogP) is 3.98. The first-order valence-electron chi connectivity index (χ1n) is 5.04. The Labute approximate surface area is 81.4 Å². The largest absolute Gasteiger partial charge is 0.0845 e. The number of hydrogen-bond acceptors (Lipinski definition) is 0. The fourth-order valence-corrected chi connectivity index (χ4v) is 1.19. The van der Waals surface area contributed by atoms with Gasteiger partial charge in [0.15, 0.2) is 0 Å². The molecule has 0 atom stereocenters. The second kappa shape index (κ2) is 7.60. The van der Waals surface area contributed by atoms with Crippen LogP contribution in [0.3, 0.4) is 0 Å². The normalized spacial score (nSPS) is 28.9. The lowest BCUT2D eigenvalue weighted by molar-refractivity contribution is 0.868. The molecule has 0 amide bonds. The van der Waals surface area contributed by atoms with Crippen molar-refractivity contribution in [1.29, 1.82) is 0 Å². The molecule has 1 radical (unpaired) electrons. The van der Waals surface area contributed by atoms with E-state index in [-0.39, 0.29) is 0 Å². The molecule has 1 aliphatic carbocycles. The topological polar surface area (TPSA) is 0 Å². The van der Waals surface area contributed by atoms with Crippen LogP contribution in [0.2, 0.25) is 0 Å². The summed E-state index contributed by atoms with van der Waals surface area (Å²) in [6.45, 7) is 0. The monoisotopic (exact) mass is 173 g/mol. The molecule has 0 aromatic rings. The average molecular weight is 173 g/mol. The van der Waals surface area contributed by atoms with Crippen molar-refractivity contribution in [2.24, 2.45) is 0 Å². The summed E-state index contributed by atoms with van der Waals surface area (Å²) < 4.78 is 0. The van der Waals surface area contributed by atoms with E-state index in [1.54, 1.807) is 0 Å². The lowest BCUT2D eigenvalue weighted by Crippen LogP contribution is -1.67. The first kappa shape index (κ1) is 10.0. The van der Waals surface area contributed by atoms with Gasteiger partial charge in [-0.2, -0.15) is 0 Å². The molecule has 0 aromatic heterocycles. The van der Waals surface area contributed by atoms with Crippen LogP contribution in [-0.4, -0.2) is 0 Å². The van der Waals surface area contributed by atoms with E-state index in [0.717, 1.165) is 19.3 Å². The summed E-state index contributed by atoms with van der Waals surface area (Å²) in [6.07, 6.45) is 24.0. The molecular formula is C13H17. The summed E-state index contributed by atoms with van der Waals surface area (Å²) in [6, 6.07) is 0. The van der Waals surface area contributed by atoms with Crippen LogP contribution in [0.25, 0.3) is 0 Å². The van der Waals surface area contributed by atoms with Crippen LogP contribution in [0.5, 0.6) is 0 Å². The Morgan fingerprint density at radius 2 is 1.54 bits per heavy atom. The van der Waals surface area contributed by atoms with Gasteiger partial charge in [-0.25, -0.2) is 0 Å². The van der Waals surface area contributed by atoms with E-state index >= 15 is 0 Å². The Balaban J connectivity index is 2.38. The van der Waals surface area contributed by atoms with Crippen LogP contribution in [-0.2, 0) is 0 Å². The summed E-state index contributed by atoms with van der Waals surface area (Å²) in [7, 11) is 0. The molecule has 69 valence electrons. The number of allylic oxidation sites excluding steroid dienone is 8. The van der Waals surface area contributed by atoms with Crippen molar-refractivity contribution >= 4 is 0 Å². The summed E-state index contributed by atoms with van der Waals surface area (Å²) in [5.41, 5.74) is 0. The van der Waals surface area contributed by atoms with Gasteiger partial charge in [0.2, 0.25) is 0 Å². The van der Waals surface area contributed by atoms with Crippen molar-refractivity contribution in [1.82, 2.24) is 0 Å². The number of rotatable bonds is 0. The van der Waals surface area contributed by atoms with Gasteiger partial charge in [0, 0.05) is 0 Å². The lowest BCUT2D eigenvalue weighted by atomic mass is 10.2. The second-order valence-electron chi connectivity index (χ2n) is 3.14. The van der Waals surface area contributed by atoms with Crippen LogP contribution in [0.15, 0.2) is 42.5 Å². The van der Waals surface area contributed by atoms with E-state index in [9.17, 15) is 0 Å². The quantitative estimate of drug-likeness (QED) is 0.520. The summed E-state index contributed by atoms with van der Waals surface area (Å²) in [5.74, 6) is 0. The maximum absolute atomic E-state index is 3.16. The van der Waals surface area contributed by atoms with E-state index in [1.165, 1.54) is 12.8 Å². The Morgan fingerprint density at radius 1 is 0.769 bits per heavy atom.